The maximum absolute atomic E-state index is 13.2. The van der Waals surface area contributed by atoms with Gasteiger partial charge in [-0.3, -0.25) is 0 Å². The molecule has 0 amide bonds. The molecule has 3 nitrogen and oxygen atoms in total. The van der Waals surface area contributed by atoms with Gasteiger partial charge in [0.2, 0.25) is 0 Å². The Morgan fingerprint density at radius 1 is 1.41 bits per heavy atom. The molecule has 0 aliphatic rings. The number of rotatable bonds is 7. The third-order valence-corrected chi connectivity index (χ3v) is 2.70. The number of nitrogens with zero attached hydrogens (tertiary/aromatic N) is 1. The van der Waals surface area contributed by atoms with Gasteiger partial charge in [-0.25, -0.2) is 4.39 Å². The fourth-order valence-electron chi connectivity index (χ4n) is 1.85. The summed E-state index contributed by atoms with van der Waals surface area (Å²) in [7, 11) is 3.55. The van der Waals surface area contributed by atoms with E-state index in [0.29, 0.717) is 13.2 Å². The highest BCUT2D eigenvalue weighted by Crippen LogP contribution is 2.21. The molecule has 1 aromatic carbocycles. The van der Waals surface area contributed by atoms with Crippen molar-refractivity contribution in [1.29, 1.82) is 0 Å². The molecule has 0 saturated heterocycles. The standard InChI is InChI=1S/C13H21FN2O/c1-4-16(7-8-17-3)13-6-5-12(14)9-11(13)10-15-2/h5-6,9,15H,4,7-8,10H2,1-3H3. The summed E-state index contributed by atoms with van der Waals surface area (Å²) in [6, 6.07) is 4.92. The van der Waals surface area contributed by atoms with Gasteiger partial charge >= 0.3 is 0 Å². The van der Waals surface area contributed by atoms with Crippen LogP contribution in [0.5, 0.6) is 0 Å². The Kier molecular flexibility index (Phi) is 5.94. The first-order chi connectivity index (χ1) is 8.22. The molecule has 0 saturated carbocycles. The molecule has 1 rings (SSSR count). The lowest BCUT2D eigenvalue weighted by molar-refractivity contribution is 0.205. The summed E-state index contributed by atoms with van der Waals surface area (Å²) in [5.74, 6) is -0.193. The number of likely N-dealkylation sites (N-methyl/N-ethyl adjacent to an activating group) is 1. The molecule has 1 N–H and O–H groups in total. The van der Waals surface area contributed by atoms with E-state index in [-0.39, 0.29) is 5.82 Å². The smallest absolute Gasteiger partial charge is 0.123 e. The molecule has 4 heteroatoms. The van der Waals surface area contributed by atoms with E-state index in [2.05, 4.69) is 17.1 Å². The Morgan fingerprint density at radius 3 is 2.76 bits per heavy atom. The minimum Gasteiger partial charge on any atom is -0.383 e. The molecule has 1 aromatic rings. The van der Waals surface area contributed by atoms with Crippen LogP contribution >= 0.6 is 0 Å². The van der Waals surface area contributed by atoms with Crippen molar-refractivity contribution >= 4 is 5.69 Å². The van der Waals surface area contributed by atoms with Crippen molar-refractivity contribution in [3.8, 4) is 0 Å². The number of methoxy groups -OCH3 is 1. The van der Waals surface area contributed by atoms with Crippen LogP contribution in [0.3, 0.4) is 0 Å². The zero-order valence-electron chi connectivity index (χ0n) is 10.8. The predicted molar refractivity (Wildman–Crippen MR) is 68.9 cm³/mol. The Bertz CT molecular complexity index is 344. The second-order valence-electron chi connectivity index (χ2n) is 3.88. The summed E-state index contributed by atoms with van der Waals surface area (Å²) in [6.07, 6.45) is 0. The molecule has 0 heterocycles. The van der Waals surface area contributed by atoms with Gasteiger partial charge in [-0.15, -0.1) is 0 Å². The molecule has 0 fully saturated rings. The fourth-order valence-corrected chi connectivity index (χ4v) is 1.85. The van der Waals surface area contributed by atoms with Crippen molar-refractivity contribution in [1.82, 2.24) is 5.32 Å². The van der Waals surface area contributed by atoms with Crippen LogP contribution in [0.1, 0.15) is 12.5 Å². The lowest BCUT2D eigenvalue weighted by atomic mass is 10.1. The van der Waals surface area contributed by atoms with Crippen molar-refractivity contribution < 1.29 is 9.13 Å². The summed E-state index contributed by atoms with van der Waals surface area (Å²) in [6.45, 7) is 5.12. The van der Waals surface area contributed by atoms with Crippen molar-refractivity contribution in [2.24, 2.45) is 0 Å². The number of benzene rings is 1. The zero-order chi connectivity index (χ0) is 12.7. The summed E-state index contributed by atoms with van der Waals surface area (Å²) in [4.78, 5) is 2.19. The van der Waals surface area contributed by atoms with Gasteiger partial charge in [0, 0.05) is 32.4 Å². The summed E-state index contributed by atoms with van der Waals surface area (Å²) in [5.41, 5.74) is 2.05. The largest absolute Gasteiger partial charge is 0.383 e. The number of halogens is 1. The van der Waals surface area contributed by atoms with Gasteiger partial charge in [-0.1, -0.05) is 0 Å². The van der Waals surface area contributed by atoms with E-state index >= 15 is 0 Å². The number of anilines is 1. The second kappa shape index (κ2) is 7.25. The van der Waals surface area contributed by atoms with Crippen LogP contribution in [0, 0.1) is 5.82 Å². The fraction of sp³-hybridized carbons (Fsp3) is 0.538. The maximum atomic E-state index is 13.2. The van der Waals surface area contributed by atoms with E-state index in [0.717, 1.165) is 24.3 Å². The normalized spacial score (nSPS) is 10.6. The minimum atomic E-state index is -0.193. The van der Waals surface area contributed by atoms with E-state index in [1.165, 1.54) is 6.07 Å². The van der Waals surface area contributed by atoms with Gasteiger partial charge in [0.1, 0.15) is 5.82 Å². The number of ether oxygens (including phenoxy) is 1. The first kappa shape index (κ1) is 13.9. The molecule has 0 unspecified atom stereocenters. The molecular formula is C13H21FN2O. The van der Waals surface area contributed by atoms with Gasteiger partial charge in [0.05, 0.1) is 6.61 Å². The average Bonchev–Trinajstić information content (AvgIpc) is 2.32. The highest BCUT2D eigenvalue weighted by atomic mass is 19.1. The Morgan fingerprint density at radius 2 is 2.18 bits per heavy atom. The van der Waals surface area contributed by atoms with Gasteiger partial charge in [0.25, 0.3) is 0 Å². The van der Waals surface area contributed by atoms with Crippen LogP contribution in [0.4, 0.5) is 10.1 Å². The van der Waals surface area contributed by atoms with Crippen LogP contribution in [-0.2, 0) is 11.3 Å². The summed E-state index contributed by atoms with van der Waals surface area (Å²) < 4.78 is 18.3. The molecular weight excluding hydrogens is 219 g/mol. The molecule has 0 aromatic heterocycles. The molecule has 0 radical (unpaired) electrons. The van der Waals surface area contributed by atoms with Gasteiger partial charge < -0.3 is 15.0 Å². The second-order valence-corrected chi connectivity index (χ2v) is 3.88. The van der Waals surface area contributed by atoms with Crippen LogP contribution in [0.25, 0.3) is 0 Å². The average molecular weight is 240 g/mol. The minimum absolute atomic E-state index is 0.193. The first-order valence-corrected chi connectivity index (χ1v) is 5.89. The van der Waals surface area contributed by atoms with Gasteiger partial charge in [-0.05, 0) is 37.7 Å². The Balaban J connectivity index is 2.91. The molecule has 0 aliphatic heterocycles. The summed E-state index contributed by atoms with van der Waals surface area (Å²) >= 11 is 0. The van der Waals surface area contributed by atoms with Crippen molar-refractivity contribution in [3.05, 3.63) is 29.6 Å². The Labute approximate surface area is 103 Å². The SMILES string of the molecule is CCN(CCOC)c1ccc(F)cc1CNC. The van der Waals surface area contributed by atoms with Crippen LogP contribution < -0.4 is 10.2 Å². The lowest BCUT2D eigenvalue weighted by Crippen LogP contribution is -2.28. The highest BCUT2D eigenvalue weighted by Gasteiger charge is 2.10. The highest BCUT2D eigenvalue weighted by molar-refractivity contribution is 5.53. The van der Waals surface area contributed by atoms with Gasteiger partial charge in [0.15, 0.2) is 0 Å². The molecule has 0 atom stereocenters. The third kappa shape index (κ3) is 3.98. The van der Waals surface area contributed by atoms with Crippen LogP contribution in [0.2, 0.25) is 0 Å². The first-order valence-electron chi connectivity index (χ1n) is 5.89. The molecule has 96 valence electrons. The quantitative estimate of drug-likeness (QED) is 0.789. The number of hydrogen-bond donors (Lipinski definition) is 1. The predicted octanol–water partition coefficient (Wildman–Crippen LogP) is 2.02. The molecule has 0 aliphatic carbocycles. The van der Waals surface area contributed by atoms with E-state index < -0.39 is 0 Å². The van der Waals surface area contributed by atoms with Crippen molar-refractivity contribution in [3.63, 3.8) is 0 Å². The third-order valence-electron chi connectivity index (χ3n) is 2.70. The van der Waals surface area contributed by atoms with E-state index in [9.17, 15) is 4.39 Å². The number of nitrogens with one attached hydrogen (secondary N) is 1. The molecule has 17 heavy (non-hydrogen) atoms. The molecule has 0 bridgehead atoms. The van der Waals surface area contributed by atoms with E-state index in [4.69, 9.17) is 4.74 Å². The summed E-state index contributed by atoms with van der Waals surface area (Å²) in [5, 5.41) is 3.06. The Hall–Kier alpha value is -1.13. The van der Waals surface area contributed by atoms with E-state index in [1.807, 2.05) is 13.1 Å². The van der Waals surface area contributed by atoms with Crippen LogP contribution in [-0.4, -0.2) is 33.9 Å². The van der Waals surface area contributed by atoms with Crippen LogP contribution in [0.15, 0.2) is 18.2 Å². The van der Waals surface area contributed by atoms with Crippen molar-refractivity contribution in [2.75, 3.05) is 38.8 Å². The number of hydrogen-bond acceptors (Lipinski definition) is 3. The zero-order valence-corrected chi connectivity index (χ0v) is 10.8. The molecule has 0 spiro atoms. The van der Waals surface area contributed by atoms with E-state index in [1.54, 1.807) is 13.2 Å². The topological polar surface area (TPSA) is 24.5 Å². The van der Waals surface area contributed by atoms with Gasteiger partial charge in [-0.2, -0.15) is 0 Å². The van der Waals surface area contributed by atoms with Crippen molar-refractivity contribution in [2.45, 2.75) is 13.5 Å². The maximum Gasteiger partial charge on any atom is 0.123 e. The lowest BCUT2D eigenvalue weighted by Gasteiger charge is -2.25. The monoisotopic (exact) mass is 240 g/mol.